The van der Waals surface area contributed by atoms with Crippen LogP contribution in [0.25, 0.3) is 5.69 Å². The van der Waals surface area contributed by atoms with E-state index in [0.29, 0.717) is 18.0 Å². The first-order valence-corrected chi connectivity index (χ1v) is 8.92. The number of para-hydroxylation sites is 1. The second-order valence-electron chi connectivity index (χ2n) is 7.16. The summed E-state index contributed by atoms with van der Waals surface area (Å²) >= 11 is 0. The first-order valence-electron chi connectivity index (χ1n) is 8.92. The summed E-state index contributed by atoms with van der Waals surface area (Å²) in [5, 5.41) is 27.1. The van der Waals surface area contributed by atoms with E-state index in [1.807, 2.05) is 30.3 Å². The zero-order valence-corrected chi connectivity index (χ0v) is 14.6. The van der Waals surface area contributed by atoms with Gasteiger partial charge in [0, 0.05) is 6.54 Å². The summed E-state index contributed by atoms with van der Waals surface area (Å²) in [7, 11) is 1.51. The Balaban J connectivity index is 1.45. The van der Waals surface area contributed by atoms with E-state index in [-0.39, 0.29) is 23.7 Å². The molecule has 2 saturated carbocycles. The smallest absolute Gasteiger partial charge is 0.258 e. The third kappa shape index (κ3) is 2.77. The molecule has 7 nitrogen and oxygen atoms in total. The molecule has 0 saturated heterocycles. The number of hydrogen-bond acceptors (Lipinski definition) is 5. The fraction of sp³-hybridized carbons (Fsp3) is 0.474. The number of aliphatic hydroxyl groups is 2. The minimum absolute atomic E-state index is 0.0595. The maximum absolute atomic E-state index is 12.6. The number of aromatic nitrogens is 2. The van der Waals surface area contributed by atoms with E-state index < -0.39 is 12.2 Å². The average Bonchev–Trinajstić information content (AvgIpc) is 3.35. The number of methoxy groups -OCH3 is 1. The van der Waals surface area contributed by atoms with Crippen molar-refractivity contribution < 1.29 is 19.7 Å². The minimum Gasteiger partial charge on any atom is -0.480 e. The second-order valence-corrected chi connectivity index (χ2v) is 7.16. The summed E-state index contributed by atoms with van der Waals surface area (Å²) in [4.78, 5) is 12.6. The molecule has 1 amide bonds. The van der Waals surface area contributed by atoms with E-state index in [2.05, 4.69) is 10.4 Å². The van der Waals surface area contributed by atoms with Gasteiger partial charge in [-0.25, -0.2) is 4.68 Å². The molecule has 0 radical (unpaired) electrons. The lowest BCUT2D eigenvalue weighted by atomic mass is 9.85. The summed E-state index contributed by atoms with van der Waals surface area (Å²) in [6.07, 6.45) is 1.88. The summed E-state index contributed by atoms with van der Waals surface area (Å²) in [5.74, 6) is 0.535. The quantitative estimate of drug-likeness (QED) is 0.741. The zero-order chi connectivity index (χ0) is 18.3. The van der Waals surface area contributed by atoms with Gasteiger partial charge in [0.1, 0.15) is 5.56 Å². The number of carbonyl (C=O) groups excluding carboxylic acids is 1. The average molecular weight is 357 g/mol. The molecular weight excluding hydrogens is 334 g/mol. The second kappa shape index (κ2) is 6.74. The molecule has 2 aliphatic rings. The Bertz CT molecular complexity index is 789. The third-order valence-corrected chi connectivity index (χ3v) is 5.75. The molecule has 0 spiro atoms. The van der Waals surface area contributed by atoms with E-state index in [1.54, 1.807) is 4.68 Å². The topological polar surface area (TPSA) is 96.6 Å². The van der Waals surface area contributed by atoms with Crippen LogP contribution >= 0.6 is 0 Å². The highest BCUT2D eigenvalue weighted by atomic mass is 16.5. The number of amides is 1. The van der Waals surface area contributed by atoms with Gasteiger partial charge in [-0.15, -0.1) is 0 Å². The normalized spacial score (nSPS) is 29.7. The van der Waals surface area contributed by atoms with Gasteiger partial charge in [0.2, 0.25) is 5.88 Å². The fourth-order valence-corrected chi connectivity index (χ4v) is 4.43. The van der Waals surface area contributed by atoms with Gasteiger partial charge in [0.25, 0.3) is 5.91 Å². The SMILES string of the molecule is COc1c(C(=O)NC[C@@H]2C[C@H]3C[C@@H]2[C@H](O)[C@@H]3O)cnn1-c1ccccc1. The van der Waals surface area contributed by atoms with Crippen LogP contribution in [0, 0.1) is 17.8 Å². The lowest BCUT2D eigenvalue weighted by Gasteiger charge is -2.29. The van der Waals surface area contributed by atoms with Crippen molar-refractivity contribution in [3.8, 4) is 11.6 Å². The number of benzene rings is 1. The van der Waals surface area contributed by atoms with Crippen molar-refractivity contribution in [2.24, 2.45) is 17.8 Å². The van der Waals surface area contributed by atoms with E-state index in [4.69, 9.17) is 4.74 Å². The molecule has 2 aliphatic carbocycles. The predicted molar refractivity (Wildman–Crippen MR) is 94.2 cm³/mol. The molecule has 2 fully saturated rings. The molecule has 1 aromatic carbocycles. The monoisotopic (exact) mass is 357 g/mol. The highest BCUT2D eigenvalue weighted by Gasteiger charge is 2.51. The standard InChI is InChI=1S/C19H23N3O4/c1-26-19-15(10-21-22(19)13-5-3-2-4-6-13)18(25)20-9-12-7-11-8-14(12)17(24)16(11)23/h2-6,10-12,14,16-17,23-24H,7-9H2,1H3,(H,20,25)/t11-,12-,14-,16+,17-/m0/s1. The summed E-state index contributed by atoms with van der Waals surface area (Å²) < 4.78 is 7.00. The van der Waals surface area contributed by atoms with Crippen molar-refractivity contribution >= 4 is 5.91 Å². The van der Waals surface area contributed by atoms with Crippen molar-refractivity contribution in [3.05, 3.63) is 42.1 Å². The lowest BCUT2D eigenvalue weighted by Crippen LogP contribution is -2.41. The number of nitrogens with zero attached hydrogens (tertiary/aromatic N) is 2. The third-order valence-electron chi connectivity index (χ3n) is 5.75. The molecule has 5 atom stereocenters. The summed E-state index contributed by atoms with van der Waals surface area (Å²) in [6, 6.07) is 9.47. The maximum Gasteiger partial charge on any atom is 0.258 e. The largest absolute Gasteiger partial charge is 0.480 e. The number of fused-ring (bicyclic) bond motifs is 2. The Morgan fingerprint density at radius 3 is 2.69 bits per heavy atom. The van der Waals surface area contributed by atoms with Crippen LogP contribution in [0.5, 0.6) is 5.88 Å². The van der Waals surface area contributed by atoms with Crippen LogP contribution in [-0.2, 0) is 0 Å². The zero-order valence-electron chi connectivity index (χ0n) is 14.6. The van der Waals surface area contributed by atoms with E-state index >= 15 is 0 Å². The molecule has 3 N–H and O–H groups in total. The Morgan fingerprint density at radius 1 is 1.27 bits per heavy atom. The van der Waals surface area contributed by atoms with Crippen LogP contribution < -0.4 is 10.1 Å². The van der Waals surface area contributed by atoms with Gasteiger partial charge in [-0.05, 0) is 42.7 Å². The number of rotatable bonds is 5. The number of hydrogen-bond donors (Lipinski definition) is 3. The molecule has 0 unspecified atom stereocenters. The summed E-state index contributed by atoms with van der Waals surface area (Å²) in [6.45, 7) is 0.476. The van der Waals surface area contributed by atoms with Crippen LogP contribution in [0.2, 0.25) is 0 Å². The van der Waals surface area contributed by atoms with Gasteiger partial charge in [-0.2, -0.15) is 5.10 Å². The molecule has 138 valence electrons. The lowest BCUT2D eigenvalue weighted by molar-refractivity contribution is -0.0332. The van der Waals surface area contributed by atoms with Gasteiger partial charge in [0.05, 0.1) is 31.2 Å². The Morgan fingerprint density at radius 2 is 2.04 bits per heavy atom. The van der Waals surface area contributed by atoms with Crippen molar-refractivity contribution in [3.63, 3.8) is 0 Å². The number of aliphatic hydroxyl groups excluding tert-OH is 2. The number of carbonyl (C=O) groups is 1. The van der Waals surface area contributed by atoms with Crippen LogP contribution in [0.4, 0.5) is 0 Å². The Kier molecular flexibility index (Phi) is 4.42. The van der Waals surface area contributed by atoms with Crippen LogP contribution in [-0.4, -0.2) is 51.8 Å². The van der Waals surface area contributed by atoms with Crippen LogP contribution in [0.1, 0.15) is 23.2 Å². The van der Waals surface area contributed by atoms with Crippen molar-refractivity contribution in [2.75, 3.05) is 13.7 Å². The molecule has 1 heterocycles. The molecule has 1 aromatic heterocycles. The Hall–Kier alpha value is -2.38. The number of nitrogens with one attached hydrogen (secondary N) is 1. The fourth-order valence-electron chi connectivity index (χ4n) is 4.43. The van der Waals surface area contributed by atoms with E-state index in [9.17, 15) is 15.0 Å². The van der Waals surface area contributed by atoms with Crippen molar-refractivity contribution in [1.82, 2.24) is 15.1 Å². The Labute approximate surface area is 151 Å². The van der Waals surface area contributed by atoms with E-state index in [0.717, 1.165) is 18.5 Å². The summed E-state index contributed by atoms with van der Waals surface area (Å²) in [5.41, 5.74) is 1.19. The number of ether oxygens (including phenoxy) is 1. The van der Waals surface area contributed by atoms with Gasteiger partial charge in [0.15, 0.2) is 0 Å². The van der Waals surface area contributed by atoms with Gasteiger partial charge in [-0.1, -0.05) is 18.2 Å². The van der Waals surface area contributed by atoms with Crippen LogP contribution in [0.15, 0.2) is 36.5 Å². The molecular formula is C19H23N3O4. The molecule has 2 aromatic rings. The first kappa shape index (κ1) is 17.1. The van der Waals surface area contributed by atoms with Crippen molar-refractivity contribution in [2.45, 2.75) is 25.0 Å². The van der Waals surface area contributed by atoms with Gasteiger partial charge < -0.3 is 20.3 Å². The minimum atomic E-state index is -0.675. The molecule has 7 heteroatoms. The molecule has 26 heavy (non-hydrogen) atoms. The predicted octanol–water partition coefficient (Wildman–Crippen LogP) is 0.988. The molecule has 2 bridgehead atoms. The molecule has 4 rings (SSSR count). The highest BCUT2D eigenvalue weighted by molar-refractivity contribution is 5.96. The first-order chi connectivity index (χ1) is 12.6. The van der Waals surface area contributed by atoms with Gasteiger partial charge in [-0.3, -0.25) is 4.79 Å². The van der Waals surface area contributed by atoms with E-state index in [1.165, 1.54) is 13.3 Å². The molecule has 0 aliphatic heterocycles. The van der Waals surface area contributed by atoms with Crippen molar-refractivity contribution in [1.29, 1.82) is 0 Å². The maximum atomic E-state index is 12.6. The highest BCUT2D eigenvalue weighted by Crippen LogP contribution is 2.48. The van der Waals surface area contributed by atoms with Crippen LogP contribution in [0.3, 0.4) is 0 Å². The van der Waals surface area contributed by atoms with Gasteiger partial charge >= 0.3 is 0 Å².